The number of aromatic nitrogens is 2. The van der Waals surface area contributed by atoms with Gasteiger partial charge in [-0.2, -0.15) is 0 Å². The molecule has 0 N–H and O–H groups in total. The maximum atomic E-state index is 11.9. The van der Waals surface area contributed by atoms with Crippen LogP contribution in [0.2, 0.25) is 0 Å². The Hall–Kier alpha value is -2.27. The molecule has 0 atom stereocenters. The Bertz CT molecular complexity index is 661. The molecule has 0 aliphatic carbocycles. The Labute approximate surface area is 107 Å². The van der Waals surface area contributed by atoms with Crippen LogP contribution in [0, 0.1) is 0 Å². The second-order valence-corrected chi connectivity index (χ2v) is 4.63. The first kappa shape index (κ1) is 10.9. The van der Waals surface area contributed by atoms with E-state index in [0.29, 0.717) is 10.6 Å². The minimum atomic E-state index is -0.371. The van der Waals surface area contributed by atoms with E-state index in [0.717, 1.165) is 10.2 Å². The summed E-state index contributed by atoms with van der Waals surface area (Å²) in [5, 5.41) is 0.850. The van der Waals surface area contributed by atoms with Crippen LogP contribution in [0.25, 0.3) is 10.2 Å². The number of carbonyl (C=O) groups excluding carboxylic acids is 1. The summed E-state index contributed by atoms with van der Waals surface area (Å²) in [6.07, 6.45) is 3.14. The molecular formula is C13H8N2O2S. The molecule has 4 nitrogen and oxygen atoms in total. The van der Waals surface area contributed by atoms with Crippen molar-refractivity contribution >= 4 is 27.5 Å². The molecule has 5 heteroatoms. The van der Waals surface area contributed by atoms with Gasteiger partial charge in [0.25, 0.3) is 0 Å². The van der Waals surface area contributed by atoms with E-state index in [1.807, 2.05) is 18.2 Å². The number of para-hydroxylation sites is 1. The van der Waals surface area contributed by atoms with Crippen molar-refractivity contribution in [1.82, 2.24) is 9.97 Å². The van der Waals surface area contributed by atoms with Crippen LogP contribution in [-0.4, -0.2) is 15.9 Å². The number of esters is 1. The number of hydrogen-bond donors (Lipinski definition) is 0. The molecule has 18 heavy (non-hydrogen) atoms. The zero-order valence-corrected chi connectivity index (χ0v) is 10.1. The molecule has 0 saturated carbocycles. The minimum absolute atomic E-state index is 0.371. The number of ether oxygens (including phenoxy) is 1. The van der Waals surface area contributed by atoms with Crippen LogP contribution in [0.1, 0.15) is 9.67 Å². The van der Waals surface area contributed by atoms with E-state index in [-0.39, 0.29) is 5.97 Å². The van der Waals surface area contributed by atoms with Crippen LogP contribution in [0.3, 0.4) is 0 Å². The Morgan fingerprint density at radius 2 is 2.06 bits per heavy atom. The van der Waals surface area contributed by atoms with Crippen LogP contribution in [0.15, 0.2) is 48.9 Å². The van der Waals surface area contributed by atoms with E-state index in [2.05, 4.69) is 9.97 Å². The van der Waals surface area contributed by atoms with Crippen LogP contribution in [0.4, 0.5) is 0 Å². The molecule has 0 unspecified atom stereocenters. The van der Waals surface area contributed by atoms with Gasteiger partial charge in [0.1, 0.15) is 21.8 Å². The van der Waals surface area contributed by atoms with Crippen LogP contribution >= 0.6 is 11.3 Å². The van der Waals surface area contributed by atoms with Gasteiger partial charge in [-0.05, 0) is 18.2 Å². The summed E-state index contributed by atoms with van der Waals surface area (Å²) >= 11 is 1.30. The molecule has 3 rings (SSSR count). The molecule has 3 aromatic rings. The summed E-state index contributed by atoms with van der Waals surface area (Å²) in [5.74, 6) is 0.162. The van der Waals surface area contributed by atoms with Gasteiger partial charge in [0.15, 0.2) is 0 Å². The zero-order valence-electron chi connectivity index (χ0n) is 9.24. The number of thiophene rings is 1. The topological polar surface area (TPSA) is 52.1 Å². The van der Waals surface area contributed by atoms with Crippen molar-refractivity contribution in [3.63, 3.8) is 0 Å². The number of carbonyl (C=O) groups is 1. The SMILES string of the molecule is O=C(Oc1ccccc1)c1cc2cncnc2s1. The quantitative estimate of drug-likeness (QED) is 0.522. The first-order valence-electron chi connectivity index (χ1n) is 5.30. The van der Waals surface area contributed by atoms with Gasteiger partial charge in [0, 0.05) is 11.6 Å². The van der Waals surface area contributed by atoms with Gasteiger partial charge in [0.05, 0.1) is 0 Å². The molecule has 0 saturated heterocycles. The second-order valence-electron chi connectivity index (χ2n) is 3.60. The Balaban J connectivity index is 1.88. The molecule has 0 bridgehead atoms. The molecule has 0 fully saturated rings. The van der Waals surface area contributed by atoms with Gasteiger partial charge >= 0.3 is 5.97 Å². The predicted molar refractivity (Wildman–Crippen MR) is 68.8 cm³/mol. The van der Waals surface area contributed by atoms with Crippen molar-refractivity contribution in [1.29, 1.82) is 0 Å². The molecule has 0 amide bonds. The van der Waals surface area contributed by atoms with Crippen molar-refractivity contribution in [2.45, 2.75) is 0 Å². The Kier molecular flexibility index (Phi) is 2.74. The third kappa shape index (κ3) is 2.08. The van der Waals surface area contributed by atoms with Gasteiger partial charge < -0.3 is 4.74 Å². The monoisotopic (exact) mass is 256 g/mol. The van der Waals surface area contributed by atoms with E-state index in [1.165, 1.54) is 17.7 Å². The third-order valence-corrected chi connectivity index (χ3v) is 3.39. The zero-order chi connectivity index (χ0) is 12.4. The Morgan fingerprint density at radius 1 is 1.22 bits per heavy atom. The van der Waals surface area contributed by atoms with E-state index < -0.39 is 0 Å². The highest BCUT2D eigenvalue weighted by atomic mass is 32.1. The molecule has 1 aromatic carbocycles. The largest absolute Gasteiger partial charge is 0.422 e. The van der Waals surface area contributed by atoms with Gasteiger partial charge in [-0.1, -0.05) is 18.2 Å². The van der Waals surface area contributed by atoms with E-state index in [9.17, 15) is 4.79 Å². The normalized spacial score (nSPS) is 10.4. The third-order valence-electron chi connectivity index (χ3n) is 2.35. The second kappa shape index (κ2) is 4.54. The highest BCUT2D eigenvalue weighted by molar-refractivity contribution is 7.20. The van der Waals surface area contributed by atoms with Crippen molar-refractivity contribution < 1.29 is 9.53 Å². The van der Waals surface area contributed by atoms with Gasteiger partial charge in [-0.25, -0.2) is 14.8 Å². The number of rotatable bonds is 2. The number of hydrogen-bond acceptors (Lipinski definition) is 5. The van der Waals surface area contributed by atoms with Crippen LogP contribution in [-0.2, 0) is 0 Å². The summed E-state index contributed by atoms with van der Waals surface area (Å²) in [5.41, 5.74) is 0. The van der Waals surface area contributed by atoms with Gasteiger partial charge in [-0.15, -0.1) is 11.3 Å². The molecule has 2 heterocycles. The molecule has 2 aromatic heterocycles. The fourth-order valence-electron chi connectivity index (χ4n) is 1.53. The number of nitrogens with zero attached hydrogens (tertiary/aromatic N) is 2. The summed E-state index contributed by atoms with van der Waals surface area (Å²) in [6, 6.07) is 10.7. The minimum Gasteiger partial charge on any atom is -0.422 e. The van der Waals surface area contributed by atoms with Crippen molar-refractivity contribution in [3.05, 3.63) is 53.8 Å². The van der Waals surface area contributed by atoms with E-state index in [1.54, 1.807) is 24.4 Å². The number of benzene rings is 1. The fourth-order valence-corrected chi connectivity index (χ4v) is 2.38. The molecule has 0 aliphatic rings. The lowest BCUT2D eigenvalue weighted by Crippen LogP contribution is -2.05. The molecule has 88 valence electrons. The van der Waals surface area contributed by atoms with E-state index >= 15 is 0 Å². The van der Waals surface area contributed by atoms with E-state index in [4.69, 9.17) is 4.74 Å². The summed E-state index contributed by atoms with van der Waals surface area (Å²) < 4.78 is 5.25. The molecule has 0 spiro atoms. The fraction of sp³-hybridized carbons (Fsp3) is 0. The molecule has 0 aliphatic heterocycles. The Morgan fingerprint density at radius 3 is 2.83 bits per heavy atom. The lowest BCUT2D eigenvalue weighted by atomic mass is 10.3. The summed E-state index contributed by atoms with van der Waals surface area (Å²) in [4.78, 5) is 21.2. The predicted octanol–water partition coefficient (Wildman–Crippen LogP) is 2.91. The highest BCUT2D eigenvalue weighted by Crippen LogP contribution is 2.23. The van der Waals surface area contributed by atoms with Crippen molar-refractivity contribution in [2.75, 3.05) is 0 Å². The first-order valence-corrected chi connectivity index (χ1v) is 6.11. The molecule has 0 radical (unpaired) electrons. The van der Waals surface area contributed by atoms with Crippen molar-refractivity contribution in [2.24, 2.45) is 0 Å². The maximum Gasteiger partial charge on any atom is 0.353 e. The van der Waals surface area contributed by atoms with Crippen LogP contribution < -0.4 is 4.74 Å². The highest BCUT2D eigenvalue weighted by Gasteiger charge is 2.13. The van der Waals surface area contributed by atoms with Crippen LogP contribution in [0.5, 0.6) is 5.75 Å². The lowest BCUT2D eigenvalue weighted by molar-refractivity contribution is 0.0740. The summed E-state index contributed by atoms with van der Waals surface area (Å²) in [7, 11) is 0. The lowest BCUT2D eigenvalue weighted by Gasteiger charge is -2.00. The molecular weight excluding hydrogens is 248 g/mol. The maximum absolute atomic E-state index is 11.9. The van der Waals surface area contributed by atoms with Gasteiger partial charge in [0.2, 0.25) is 0 Å². The standard InChI is InChI=1S/C13H8N2O2S/c16-13(17-10-4-2-1-3-5-10)11-6-9-7-14-8-15-12(9)18-11/h1-8H. The first-order chi connectivity index (χ1) is 8.83. The summed E-state index contributed by atoms with van der Waals surface area (Å²) in [6.45, 7) is 0. The number of fused-ring (bicyclic) bond motifs is 1. The average molecular weight is 256 g/mol. The van der Waals surface area contributed by atoms with Gasteiger partial charge in [-0.3, -0.25) is 0 Å². The smallest absolute Gasteiger partial charge is 0.353 e. The average Bonchev–Trinajstić information content (AvgIpc) is 2.84. The van der Waals surface area contributed by atoms with Crippen molar-refractivity contribution in [3.8, 4) is 5.75 Å².